The van der Waals surface area contributed by atoms with Crippen LogP contribution in [-0.2, 0) is 39.1 Å². The largest absolute Gasteiger partial charge is 0.507 e. The number of ether oxygens (including phenoxy) is 6. The fourth-order valence-electron chi connectivity index (χ4n) is 12.9. The Hall–Kier alpha value is -10.1. The van der Waals surface area contributed by atoms with Crippen LogP contribution >= 0.6 is 11.6 Å². The number of aliphatic hydroxyl groups is 4. The minimum Gasteiger partial charge on any atom is -0.507 e. The van der Waals surface area contributed by atoms with Crippen LogP contribution in [0.15, 0.2) is 150 Å². The lowest BCUT2D eigenvalue weighted by Crippen LogP contribution is -2.54. The number of hydrogen-bond donors (Lipinski definition) is 8. The number of phenols is 1. The molecule has 0 aromatic heterocycles. The monoisotopic (exact) mass is 1480 g/mol. The number of nitrogens with zero attached hydrogens (tertiary/aromatic N) is 5. The van der Waals surface area contributed by atoms with E-state index in [-0.39, 0.29) is 125 Å². The normalized spacial score (nSPS) is 19.0. The molecule has 29 nitrogen and oxygen atoms in total. The van der Waals surface area contributed by atoms with Gasteiger partial charge < -0.3 is 73.8 Å². The first-order chi connectivity index (χ1) is 49.2. The Balaban J connectivity index is 0.000000232. The quantitative estimate of drug-likeness (QED) is 0.0258. The number of carboxylic acids is 1. The van der Waals surface area contributed by atoms with Crippen molar-refractivity contribution in [3.8, 4) is 28.7 Å². The van der Waals surface area contributed by atoms with Crippen molar-refractivity contribution in [1.82, 2.24) is 19.2 Å². The zero-order chi connectivity index (χ0) is 74.4. The van der Waals surface area contributed by atoms with E-state index >= 15 is 0 Å². The van der Waals surface area contributed by atoms with E-state index in [0.29, 0.717) is 33.3 Å². The Morgan fingerprint density at radius 1 is 0.631 bits per heavy atom. The van der Waals surface area contributed by atoms with Crippen LogP contribution < -0.4 is 43.1 Å². The predicted molar refractivity (Wildman–Crippen MR) is 378 cm³/mol. The highest BCUT2D eigenvalue weighted by atomic mass is 35.5. The molecule has 8 N–H and O–H groups in total. The zero-order valence-electron chi connectivity index (χ0n) is 56.2. The molecule has 6 aromatic rings. The number of sulfonamides is 2. The van der Waals surface area contributed by atoms with Crippen LogP contribution in [0.2, 0.25) is 0 Å². The number of carboxylic acid groups (broad SMARTS) is 1. The van der Waals surface area contributed by atoms with Crippen LogP contribution in [0.4, 0.5) is 26.7 Å². The topological polar surface area (TPSA) is 388 Å². The number of rotatable bonds is 23. The van der Waals surface area contributed by atoms with Gasteiger partial charge in [0.05, 0.1) is 89.3 Å². The summed E-state index contributed by atoms with van der Waals surface area (Å²) in [5.41, 5.74) is 3.99. The van der Waals surface area contributed by atoms with Crippen molar-refractivity contribution >= 4 is 107 Å². The van der Waals surface area contributed by atoms with Crippen molar-refractivity contribution in [2.75, 3.05) is 95.0 Å². The van der Waals surface area contributed by atoms with Gasteiger partial charge in [0.2, 0.25) is 26.0 Å². The van der Waals surface area contributed by atoms with Crippen molar-refractivity contribution in [2.24, 2.45) is 0 Å². The maximum atomic E-state index is 14.3. The summed E-state index contributed by atoms with van der Waals surface area (Å²) in [6, 6.07) is 24.6. The summed E-state index contributed by atoms with van der Waals surface area (Å²) in [4.78, 5) is 86.2. The molecule has 0 spiro atoms. The van der Waals surface area contributed by atoms with E-state index in [2.05, 4.69) is 22.6 Å². The number of nitrogens with one attached hydrogen (secondary N) is 2. The fraction of sp³-hybridized carbons (Fsp3) is 0.324. The second-order valence-electron chi connectivity index (χ2n) is 24.2. The number of aromatic hydroxyl groups is 1. The number of halogens is 1. The third kappa shape index (κ3) is 15.8. The maximum absolute atomic E-state index is 14.3. The number of phenolic OH excluding ortho intramolecular Hbond substituents is 1. The minimum absolute atomic E-state index is 0.000295. The summed E-state index contributed by atoms with van der Waals surface area (Å²) in [5.74, 6) is -2.53. The van der Waals surface area contributed by atoms with Crippen molar-refractivity contribution in [2.45, 2.75) is 78.1 Å². The van der Waals surface area contributed by atoms with Gasteiger partial charge in [-0.15, -0.1) is 11.6 Å². The number of carbonyl (C=O) groups is 6. The minimum atomic E-state index is -3.68. The average molecular weight is 1480 g/mol. The van der Waals surface area contributed by atoms with E-state index in [9.17, 15) is 71.1 Å². The van der Waals surface area contributed by atoms with Gasteiger partial charge in [0.15, 0.2) is 35.5 Å². The number of benzene rings is 6. The van der Waals surface area contributed by atoms with Crippen LogP contribution in [-0.4, -0.2) is 210 Å². The van der Waals surface area contributed by atoms with E-state index in [1.807, 2.05) is 18.2 Å². The first-order valence-electron chi connectivity index (χ1n) is 32.2. The van der Waals surface area contributed by atoms with E-state index in [1.165, 1.54) is 110 Å². The van der Waals surface area contributed by atoms with Gasteiger partial charge >= 0.3 is 18.2 Å². The molecule has 5 aliphatic rings. The van der Waals surface area contributed by atoms with Crippen LogP contribution in [0.1, 0.15) is 69.0 Å². The van der Waals surface area contributed by atoms with E-state index in [4.69, 9.17) is 45.1 Å². The van der Waals surface area contributed by atoms with Gasteiger partial charge in [0, 0.05) is 55.0 Å². The number of fused-ring (bicyclic) bond motifs is 7. The number of hydrogen-bond acceptors (Lipinski definition) is 21. The number of anilines is 3. The summed E-state index contributed by atoms with van der Waals surface area (Å²) < 4.78 is 86.6. The van der Waals surface area contributed by atoms with Gasteiger partial charge in [0.1, 0.15) is 32.2 Å². The Labute approximate surface area is 597 Å². The lowest BCUT2D eigenvalue weighted by Gasteiger charge is -2.38. The molecule has 5 aliphatic heterocycles. The van der Waals surface area contributed by atoms with Gasteiger partial charge in [-0.3, -0.25) is 19.2 Å². The molecule has 103 heavy (non-hydrogen) atoms. The second kappa shape index (κ2) is 32.1. The zero-order valence-corrected chi connectivity index (χ0v) is 58.6. The Bertz CT molecular complexity index is 4600. The molecule has 0 bridgehead atoms. The Morgan fingerprint density at radius 3 is 1.48 bits per heavy atom. The predicted octanol–water partition coefficient (Wildman–Crippen LogP) is 6.30. The highest BCUT2D eigenvalue weighted by molar-refractivity contribution is 7.89. The average Bonchev–Trinajstić information content (AvgIpc) is 1.63. The van der Waals surface area contributed by atoms with Gasteiger partial charge in [-0.1, -0.05) is 86.0 Å². The molecule has 6 aromatic carbocycles. The summed E-state index contributed by atoms with van der Waals surface area (Å²) >= 11 is 6.34. The molecule has 5 amide bonds. The molecule has 11 rings (SSSR count). The third-order valence-electron chi connectivity index (χ3n) is 18.0. The molecule has 7 atom stereocenters. The van der Waals surface area contributed by atoms with Crippen LogP contribution in [0.5, 0.6) is 28.7 Å². The molecule has 2 unspecified atom stereocenters. The van der Waals surface area contributed by atoms with E-state index < -0.39 is 112 Å². The lowest BCUT2D eigenvalue weighted by molar-refractivity contribution is -0.139. The van der Waals surface area contributed by atoms with Crippen molar-refractivity contribution < 1.29 is 105 Å². The summed E-state index contributed by atoms with van der Waals surface area (Å²) in [6.45, 7) is 6.26. The second-order valence-corrected chi connectivity index (χ2v) is 28.3. The highest BCUT2D eigenvalue weighted by Crippen LogP contribution is 2.47. The van der Waals surface area contributed by atoms with E-state index in [0.717, 1.165) is 20.7 Å². The fourth-order valence-corrected chi connectivity index (χ4v) is 14.6. The maximum Gasteiger partial charge on any atom is 0.416 e. The molecular formula is C71H76ClN7O22S2. The van der Waals surface area contributed by atoms with Crippen molar-refractivity contribution in [1.29, 1.82) is 0 Å². The number of methoxy groups -OCH3 is 2. The van der Waals surface area contributed by atoms with E-state index in [1.54, 1.807) is 42.5 Å². The molecule has 0 radical (unpaired) electrons. The van der Waals surface area contributed by atoms with Crippen molar-refractivity contribution in [3.05, 3.63) is 168 Å². The van der Waals surface area contributed by atoms with Crippen LogP contribution in [0, 0.1) is 0 Å². The molecule has 0 aliphatic carbocycles. The molecule has 5 heterocycles. The molecule has 0 saturated heterocycles. The summed E-state index contributed by atoms with van der Waals surface area (Å²) in [5, 5.41) is 65.9. The smallest absolute Gasteiger partial charge is 0.416 e. The number of aliphatic carboxylic acids is 1. The Kier molecular flexibility index (Phi) is 23.5. The number of alkyl halides is 1. The van der Waals surface area contributed by atoms with Gasteiger partial charge in [-0.2, -0.15) is 0 Å². The number of aliphatic hydroxyl groups excluding tert-OH is 4. The molecule has 546 valence electrons. The molecule has 0 saturated carbocycles. The SMILES string of the molecule is C=CCOC(=O)N1c2cc(OC[C@H](O)CC(=O)N3C[C@@H](CCl)c4c3cc(O)c3ccccc43)c(OC)cc2C(=O)N2CC=C(c3ccc(S(=O)(=O)NC)cc3)C[C@H]2C1O.C=CCOC(=O)N1c2cc(OC[C@H](O)CC(=O)O)c(OC)cc2C(=O)N2CC=C(c3ccc(S(=O)(=O)NC)cc3)C[C@H]2C1O. The van der Waals surface area contributed by atoms with Crippen molar-refractivity contribution in [3.63, 3.8) is 0 Å². The summed E-state index contributed by atoms with van der Waals surface area (Å²) in [6.07, 6.45) is -2.35. The molecule has 32 heteroatoms. The highest BCUT2D eigenvalue weighted by Gasteiger charge is 2.47. The summed E-state index contributed by atoms with van der Waals surface area (Å²) in [7, 11) is -2.04. The lowest BCUT2D eigenvalue weighted by atomic mass is 9.93. The standard InChI is InChI=1S/C42H43ClN4O11S.C29H33N3O11S/c1-4-15-57-42(53)47-32-20-37(58-23-27(48)17-38(50)46-22-26(21-43)39-30-8-6-5-7-29(30)35(49)19-33(39)46)36(56-3)18-31(32)40(51)45-14-13-25(16-34(45)41(47)52)24-9-11-28(12-10-24)59(54,55)44-2;1-4-11-42-29(38)32-22-15-25(43-16-19(33)13-26(34)35)24(41-3)14-21(22)27(36)31-10-9-18(12-23(31)28(32)37)17-5-7-20(8-6-17)44(39,40)30-2/h4-13,18-20,26-27,34,41,44,48-49,52H,1,14-17,21-23H2,2-3H3;4-9,14-15,19,23,28,30,33,37H,1,10-13,16H2,2-3H3,(H,34,35)/t26-,27-,34+,41?;19-,23+,28?/m11/s1. The van der Waals surface area contributed by atoms with Crippen LogP contribution in [0.25, 0.3) is 21.9 Å². The number of amides is 5. The Morgan fingerprint density at radius 2 is 1.07 bits per heavy atom. The molecule has 0 fully saturated rings. The third-order valence-corrected chi connectivity index (χ3v) is 21.2. The first kappa shape index (κ1) is 75.6. The first-order valence-corrected chi connectivity index (χ1v) is 35.7. The van der Waals surface area contributed by atoms with Gasteiger partial charge in [-0.05, 0) is 96.6 Å². The van der Waals surface area contributed by atoms with Crippen LogP contribution in [0.3, 0.4) is 0 Å². The van der Waals surface area contributed by atoms with Gasteiger partial charge in [0.25, 0.3) is 11.8 Å². The number of carbonyl (C=O) groups excluding carboxylic acids is 5. The molecular weight excluding hydrogens is 1400 g/mol. The van der Waals surface area contributed by atoms with Gasteiger partial charge in [-0.25, -0.2) is 45.7 Å².